The molecule has 25 heavy (non-hydrogen) atoms. The number of rotatable bonds is 5. The number of para-hydroxylation sites is 1. The first-order chi connectivity index (χ1) is 11.6. The molecule has 0 N–H and O–H groups in total. The quantitative estimate of drug-likeness (QED) is 0.611. The van der Waals surface area contributed by atoms with Crippen LogP contribution in [0.2, 0.25) is 0 Å². The van der Waals surface area contributed by atoms with Crippen molar-refractivity contribution in [3.63, 3.8) is 0 Å². The van der Waals surface area contributed by atoms with Gasteiger partial charge in [-0.05, 0) is 67.7 Å². The van der Waals surface area contributed by atoms with Crippen molar-refractivity contribution in [3.8, 4) is 0 Å². The Morgan fingerprint density at radius 3 is 2.52 bits per heavy atom. The molecule has 0 aromatic heterocycles. The summed E-state index contributed by atoms with van der Waals surface area (Å²) in [6.07, 6.45) is 3.43. The van der Waals surface area contributed by atoms with Crippen molar-refractivity contribution in [3.05, 3.63) is 53.6 Å². The average Bonchev–Trinajstić information content (AvgIpc) is 2.69. The number of halogens is 1. The maximum Gasteiger partial charge on any atom is 0.0485 e. The van der Waals surface area contributed by atoms with Gasteiger partial charge in [0.15, 0.2) is 0 Å². The molecule has 0 atom stereocenters. The van der Waals surface area contributed by atoms with Gasteiger partial charge in [-0.15, -0.1) is 24.2 Å². The summed E-state index contributed by atoms with van der Waals surface area (Å²) >= 11 is 1.91. The molecule has 134 valence electrons. The third kappa shape index (κ3) is 4.41. The van der Waals surface area contributed by atoms with E-state index in [-0.39, 0.29) is 12.4 Å². The van der Waals surface area contributed by atoms with Crippen molar-refractivity contribution < 1.29 is 0 Å². The van der Waals surface area contributed by atoms with Crippen molar-refractivity contribution in [2.45, 2.75) is 18.2 Å². The minimum Gasteiger partial charge on any atom is -0.344 e. The zero-order valence-electron chi connectivity index (χ0n) is 15.5. The van der Waals surface area contributed by atoms with Gasteiger partial charge in [-0.25, -0.2) is 0 Å². The number of anilines is 2. The summed E-state index contributed by atoms with van der Waals surface area (Å²) in [5.41, 5.74) is 6.66. The fourth-order valence-electron chi connectivity index (χ4n) is 3.18. The molecule has 0 aliphatic carbocycles. The standard InChI is InChI=1S/C21H26N2S.ClH/c1-5-24-18-10-11-21-19(15-18)16(12-13-22(2)3)14-17-8-6-7-9-20(17)23(21)4;/h6-11,14-15H,5,12-13H2,1-4H3;1H. The molecule has 0 unspecified atom stereocenters. The summed E-state index contributed by atoms with van der Waals surface area (Å²) in [5.74, 6) is 1.10. The molecule has 0 amide bonds. The largest absolute Gasteiger partial charge is 0.344 e. The van der Waals surface area contributed by atoms with Crippen molar-refractivity contribution in [1.29, 1.82) is 0 Å². The van der Waals surface area contributed by atoms with Gasteiger partial charge < -0.3 is 9.80 Å². The van der Waals surface area contributed by atoms with Gasteiger partial charge >= 0.3 is 0 Å². The van der Waals surface area contributed by atoms with Crippen LogP contribution in [0.5, 0.6) is 0 Å². The van der Waals surface area contributed by atoms with Crippen LogP contribution in [0.15, 0.2) is 47.4 Å². The van der Waals surface area contributed by atoms with Gasteiger partial charge in [0.25, 0.3) is 0 Å². The third-order valence-corrected chi connectivity index (χ3v) is 5.32. The van der Waals surface area contributed by atoms with E-state index in [0.29, 0.717) is 0 Å². The maximum absolute atomic E-state index is 2.38. The molecule has 0 radical (unpaired) electrons. The second-order valence-electron chi connectivity index (χ2n) is 6.45. The van der Waals surface area contributed by atoms with Crippen molar-refractivity contribution in [1.82, 2.24) is 4.90 Å². The van der Waals surface area contributed by atoms with Crippen LogP contribution in [0.25, 0.3) is 11.6 Å². The van der Waals surface area contributed by atoms with Crippen LogP contribution in [0.3, 0.4) is 0 Å². The molecule has 4 heteroatoms. The Kier molecular flexibility index (Phi) is 7.00. The highest BCUT2D eigenvalue weighted by atomic mass is 35.5. The van der Waals surface area contributed by atoms with E-state index in [0.717, 1.165) is 18.7 Å². The molecule has 2 nitrogen and oxygen atoms in total. The monoisotopic (exact) mass is 374 g/mol. The van der Waals surface area contributed by atoms with Crippen LogP contribution in [-0.2, 0) is 0 Å². The van der Waals surface area contributed by atoms with E-state index in [1.807, 2.05) is 11.8 Å². The normalized spacial score (nSPS) is 12.8. The minimum atomic E-state index is 0. The Labute approximate surface area is 162 Å². The lowest BCUT2D eigenvalue weighted by Gasteiger charge is -2.23. The van der Waals surface area contributed by atoms with Crippen molar-refractivity contribution in [2.24, 2.45) is 0 Å². The first-order valence-electron chi connectivity index (χ1n) is 8.55. The molecule has 0 bridgehead atoms. The number of thioether (sulfide) groups is 1. The van der Waals surface area contributed by atoms with Crippen molar-refractivity contribution >= 4 is 47.2 Å². The first-order valence-corrected chi connectivity index (χ1v) is 9.54. The Morgan fingerprint density at radius 1 is 1.04 bits per heavy atom. The Balaban J connectivity index is 0.00000225. The lowest BCUT2D eigenvalue weighted by molar-refractivity contribution is 0.420. The smallest absolute Gasteiger partial charge is 0.0485 e. The highest BCUT2D eigenvalue weighted by molar-refractivity contribution is 7.99. The molecule has 0 saturated heterocycles. The van der Waals surface area contributed by atoms with E-state index >= 15 is 0 Å². The van der Waals surface area contributed by atoms with Gasteiger partial charge in [-0.2, -0.15) is 0 Å². The van der Waals surface area contributed by atoms with Gasteiger partial charge in [0.1, 0.15) is 0 Å². The molecule has 1 aliphatic heterocycles. The SMILES string of the molecule is CCSc1ccc2c(c1)C(CCN(C)C)=Cc1ccccc1N2C.Cl. The Hall–Kier alpha value is -1.42. The van der Waals surface area contributed by atoms with Crippen LogP contribution in [0, 0.1) is 0 Å². The Bertz CT molecular complexity index is 755. The second-order valence-corrected chi connectivity index (χ2v) is 7.79. The van der Waals surface area contributed by atoms with E-state index < -0.39 is 0 Å². The number of fused-ring (bicyclic) bond motifs is 2. The van der Waals surface area contributed by atoms with Crippen LogP contribution >= 0.6 is 24.2 Å². The summed E-state index contributed by atoms with van der Waals surface area (Å²) in [7, 11) is 6.45. The van der Waals surface area contributed by atoms with Gasteiger partial charge in [0.05, 0.1) is 0 Å². The number of benzene rings is 2. The highest BCUT2D eigenvalue weighted by Crippen LogP contribution is 2.41. The molecule has 2 aromatic carbocycles. The molecule has 0 fully saturated rings. The molecular formula is C21H27ClN2S. The van der Waals surface area contributed by atoms with Gasteiger partial charge in [0, 0.05) is 35.4 Å². The molecular weight excluding hydrogens is 348 g/mol. The minimum absolute atomic E-state index is 0. The lowest BCUT2D eigenvalue weighted by Crippen LogP contribution is -2.14. The summed E-state index contributed by atoms with van der Waals surface area (Å²) < 4.78 is 0. The fraction of sp³-hybridized carbons (Fsp3) is 0.333. The first kappa shape index (κ1) is 19.9. The molecule has 0 saturated carbocycles. The summed E-state index contributed by atoms with van der Waals surface area (Å²) in [4.78, 5) is 5.93. The fourth-order valence-corrected chi connectivity index (χ4v) is 3.88. The van der Waals surface area contributed by atoms with E-state index in [9.17, 15) is 0 Å². The molecule has 1 heterocycles. The lowest BCUT2D eigenvalue weighted by atomic mass is 9.99. The summed E-state index contributed by atoms with van der Waals surface area (Å²) in [5, 5.41) is 0. The highest BCUT2D eigenvalue weighted by Gasteiger charge is 2.19. The van der Waals surface area contributed by atoms with Crippen LogP contribution in [0.1, 0.15) is 24.5 Å². The summed E-state index contributed by atoms with van der Waals surface area (Å²) in [6.45, 7) is 3.27. The van der Waals surface area contributed by atoms with Gasteiger partial charge in [0.2, 0.25) is 0 Å². The van der Waals surface area contributed by atoms with Crippen LogP contribution in [0.4, 0.5) is 11.4 Å². The maximum atomic E-state index is 2.38. The van der Waals surface area contributed by atoms with Gasteiger partial charge in [-0.1, -0.05) is 25.1 Å². The number of hydrogen-bond donors (Lipinski definition) is 0. The van der Waals surface area contributed by atoms with Crippen LogP contribution in [-0.4, -0.2) is 38.3 Å². The zero-order valence-corrected chi connectivity index (χ0v) is 17.1. The van der Waals surface area contributed by atoms with E-state index in [4.69, 9.17) is 0 Å². The van der Waals surface area contributed by atoms with E-state index in [2.05, 4.69) is 86.4 Å². The molecule has 2 aromatic rings. The Morgan fingerprint density at radius 2 is 1.80 bits per heavy atom. The zero-order chi connectivity index (χ0) is 17.1. The molecule has 3 rings (SSSR count). The summed E-state index contributed by atoms with van der Waals surface area (Å²) in [6, 6.07) is 15.6. The number of nitrogens with zero attached hydrogens (tertiary/aromatic N) is 2. The second kappa shape index (κ2) is 8.79. The third-order valence-electron chi connectivity index (χ3n) is 4.44. The average molecular weight is 375 g/mol. The van der Waals surface area contributed by atoms with Crippen molar-refractivity contribution in [2.75, 3.05) is 38.3 Å². The molecule has 1 aliphatic rings. The van der Waals surface area contributed by atoms with Crippen LogP contribution < -0.4 is 4.90 Å². The topological polar surface area (TPSA) is 6.48 Å². The van der Waals surface area contributed by atoms with Gasteiger partial charge in [-0.3, -0.25) is 0 Å². The predicted molar refractivity (Wildman–Crippen MR) is 116 cm³/mol. The van der Waals surface area contributed by atoms with E-state index in [1.54, 1.807) is 0 Å². The van der Waals surface area contributed by atoms with E-state index in [1.165, 1.54) is 33.0 Å². The number of hydrogen-bond acceptors (Lipinski definition) is 3. The molecule has 0 spiro atoms. The predicted octanol–water partition coefficient (Wildman–Crippen LogP) is 5.79.